The van der Waals surface area contributed by atoms with Gasteiger partial charge in [-0.25, -0.2) is 9.67 Å². The number of anilines is 1. The summed E-state index contributed by atoms with van der Waals surface area (Å²) >= 11 is 0. The lowest BCUT2D eigenvalue weighted by molar-refractivity contribution is 0.291. The Morgan fingerprint density at radius 1 is 1.40 bits per heavy atom. The van der Waals surface area contributed by atoms with Crippen LogP contribution in [0.4, 0.5) is 5.69 Å². The molecule has 1 aromatic carbocycles. The van der Waals surface area contributed by atoms with Crippen LogP contribution in [0.15, 0.2) is 36.9 Å². The van der Waals surface area contributed by atoms with Crippen molar-refractivity contribution in [2.24, 2.45) is 0 Å². The average molecular weight is 204 g/mol. The van der Waals surface area contributed by atoms with Crippen molar-refractivity contribution in [3.8, 4) is 5.75 Å². The fourth-order valence-electron chi connectivity index (χ4n) is 1.21. The summed E-state index contributed by atoms with van der Waals surface area (Å²) in [6, 6.07) is 7.35. The standard InChI is InChI=1S/C10H12N4O/c11-9-2-1-3-10(6-9)15-5-4-14-8-12-7-13-14/h1-3,6-8H,4-5,11H2. The van der Waals surface area contributed by atoms with Crippen LogP contribution in [0.5, 0.6) is 5.75 Å². The van der Waals surface area contributed by atoms with E-state index in [0.29, 0.717) is 18.8 Å². The molecule has 2 rings (SSSR count). The van der Waals surface area contributed by atoms with E-state index < -0.39 is 0 Å². The molecule has 5 nitrogen and oxygen atoms in total. The minimum Gasteiger partial charge on any atom is -0.492 e. The van der Waals surface area contributed by atoms with E-state index in [4.69, 9.17) is 10.5 Å². The SMILES string of the molecule is Nc1cccc(OCCn2cncn2)c1. The Bertz CT molecular complexity index is 413. The van der Waals surface area contributed by atoms with Crippen LogP contribution in [-0.4, -0.2) is 21.4 Å². The fourth-order valence-corrected chi connectivity index (χ4v) is 1.21. The summed E-state index contributed by atoms with van der Waals surface area (Å²) in [6.45, 7) is 1.22. The Balaban J connectivity index is 1.83. The van der Waals surface area contributed by atoms with Crippen LogP contribution < -0.4 is 10.5 Å². The van der Waals surface area contributed by atoms with Gasteiger partial charge in [0.2, 0.25) is 0 Å². The molecular weight excluding hydrogens is 192 g/mol. The summed E-state index contributed by atoms with van der Waals surface area (Å²) in [4.78, 5) is 3.84. The van der Waals surface area contributed by atoms with Gasteiger partial charge in [-0.3, -0.25) is 0 Å². The Labute approximate surface area is 87.5 Å². The molecule has 15 heavy (non-hydrogen) atoms. The average Bonchev–Trinajstić information content (AvgIpc) is 2.71. The highest BCUT2D eigenvalue weighted by Gasteiger charge is 1.95. The number of nitrogens with zero attached hydrogens (tertiary/aromatic N) is 3. The van der Waals surface area contributed by atoms with Gasteiger partial charge in [0.15, 0.2) is 0 Å². The van der Waals surface area contributed by atoms with Crippen molar-refractivity contribution in [3.63, 3.8) is 0 Å². The molecule has 0 atom stereocenters. The van der Waals surface area contributed by atoms with Crippen molar-refractivity contribution in [3.05, 3.63) is 36.9 Å². The maximum atomic E-state index is 5.62. The van der Waals surface area contributed by atoms with E-state index in [1.165, 1.54) is 6.33 Å². The van der Waals surface area contributed by atoms with Gasteiger partial charge in [0.25, 0.3) is 0 Å². The van der Waals surface area contributed by atoms with Crippen LogP contribution in [0.3, 0.4) is 0 Å². The minimum absolute atomic E-state index is 0.548. The molecule has 1 heterocycles. The van der Waals surface area contributed by atoms with E-state index in [1.54, 1.807) is 17.1 Å². The maximum Gasteiger partial charge on any atom is 0.137 e. The van der Waals surface area contributed by atoms with Gasteiger partial charge in [0.1, 0.15) is 25.0 Å². The monoisotopic (exact) mass is 204 g/mol. The molecule has 0 saturated heterocycles. The summed E-state index contributed by atoms with van der Waals surface area (Å²) in [5, 5.41) is 3.97. The van der Waals surface area contributed by atoms with Crippen molar-refractivity contribution in [1.29, 1.82) is 0 Å². The quantitative estimate of drug-likeness (QED) is 0.753. The molecule has 0 bridgehead atoms. The summed E-state index contributed by atoms with van der Waals surface area (Å²) in [7, 11) is 0. The number of rotatable bonds is 4. The molecule has 2 N–H and O–H groups in total. The maximum absolute atomic E-state index is 5.62. The summed E-state index contributed by atoms with van der Waals surface area (Å²) < 4.78 is 7.21. The lowest BCUT2D eigenvalue weighted by Gasteiger charge is -2.06. The molecule has 0 amide bonds. The van der Waals surface area contributed by atoms with Crippen LogP contribution in [0, 0.1) is 0 Å². The van der Waals surface area contributed by atoms with Crippen LogP contribution in [-0.2, 0) is 6.54 Å². The minimum atomic E-state index is 0.548. The van der Waals surface area contributed by atoms with Gasteiger partial charge in [-0.2, -0.15) is 5.10 Å². The summed E-state index contributed by atoms with van der Waals surface area (Å²) in [5.41, 5.74) is 6.32. The Morgan fingerprint density at radius 2 is 2.33 bits per heavy atom. The third-order valence-corrected chi connectivity index (χ3v) is 1.91. The van der Waals surface area contributed by atoms with E-state index in [-0.39, 0.29) is 0 Å². The Kier molecular flexibility index (Phi) is 2.82. The molecule has 78 valence electrons. The van der Waals surface area contributed by atoms with E-state index >= 15 is 0 Å². The topological polar surface area (TPSA) is 66.0 Å². The number of hydrogen-bond donors (Lipinski definition) is 1. The van der Waals surface area contributed by atoms with Crippen LogP contribution in [0.1, 0.15) is 0 Å². The van der Waals surface area contributed by atoms with Gasteiger partial charge in [-0.15, -0.1) is 0 Å². The highest BCUT2D eigenvalue weighted by Crippen LogP contribution is 2.14. The smallest absolute Gasteiger partial charge is 0.137 e. The van der Waals surface area contributed by atoms with Crippen LogP contribution in [0.2, 0.25) is 0 Å². The molecule has 1 aromatic heterocycles. The number of nitrogens with two attached hydrogens (primary N) is 1. The molecule has 5 heteroatoms. The molecule has 0 spiro atoms. The number of nitrogen functional groups attached to an aromatic ring is 1. The molecule has 0 aliphatic rings. The van der Waals surface area contributed by atoms with Gasteiger partial charge in [0, 0.05) is 11.8 Å². The normalized spacial score (nSPS) is 10.1. The van der Waals surface area contributed by atoms with E-state index in [0.717, 1.165) is 5.75 Å². The second-order valence-corrected chi connectivity index (χ2v) is 3.08. The number of benzene rings is 1. The van der Waals surface area contributed by atoms with E-state index in [2.05, 4.69) is 10.1 Å². The first-order valence-electron chi connectivity index (χ1n) is 4.65. The number of ether oxygens (including phenoxy) is 1. The van der Waals surface area contributed by atoms with Crippen LogP contribution >= 0.6 is 0 Å². The zero-order valence-corrected chi connectivity index (χ0v) is 8.21. The summed E-state index contributed by atoms with van der Waals surface area (Å²) in [5.74, 6) is 0.773. The molecule has 0 fully saturated rings. The van der Waals surface area contributed by atoms with Gasteiger partial charge >= 0.3 is 0 Å². The zero-order chi connectivity index (χ0) is 10.5. The van der Waals surface area contributed by atoms with Gasteiger partial charge < -0.3 is 10.5 Å². The Morgan fingerprint density at radius 3 is 3.07 bits per heavy atom. The van der Waals surface area contributed by atoms with Crippen molar-refractivity contribution >= 4 is 5.69 Å². The van der Waals surface area contributed by atoms with Gasteiger partial charge in [0.05, 0.1) is 6.54 Å². The largest absolute Gasteiger partial charge is 0.492 e. The molecule has 0 aliphatic heterocycles. The first kappa shape index (κ1) is 9.51. The van der Waals surface area contributed by atoms with Gasteiger partial charge in [-0.1, -0.05) is 6.07 Å². The van der Waals surface area contributed by atoms with E-state index in [9.17, 15) is 0 Å². The zero-order valence-electron chi connectivity index (χ0n) is 8.21. The molecule has 0 aliphatic carbocycles. The van der Waals surface area contributed by atoms with Crippen molar-refractivity contribution in [2.75, 3.05) is 12.3 Å². The van der Waals surface area contributed by atoms with E-state index in [1.807, 2.05) is 18.2 Å². The summed E-state index contributed by atoms with van der Waals surface area (Å²) in [6.07, 6.45) is 3.16. The lowest BCUT2D eigenvalue weighted by atomic mass is 10.3. The first-order chi connectivity index (χ1) is 7.34. The third kappa shape index (κ3) is 2.70. The molecule has 0 saturated carbocycles. The van der Waals surface area contributed by atoms with Crippen molar-refractivity contribution in [1.82, 2.24) is 14.8 Å². The van der Waals surface area contributed by atoms with Crippen molar-refractivity contribution < 1.29 is 4.74 Å². The first-order valence-corrected chi connectivity index (χ1v) is 4.65. The molecule has 0 radical (unpaired) electrons. The predicted molar refractivity (Wildman–Crippen MR) is 56.4 cm³/mol. The highest BCUT2D eigenvalue weighted by molar-refractivity contribution is 5.43. The predicted octanol–water partition coefficient (Wildman–Crippen LogP) is 0.939. The van der Waals surface area contributed by atoms with Gasteiger partial charge in [-0.05, 0) is 12.1 Å². The second-order valence-electron chi connectivity index (χ2n) is 3.08. The lowest BCUT2D eigenvalue weighted by Crippen LogP contribution is -2.08. The number of aromatic nitrogens is 3. The second kappa shape index (κ2) is 4.45. The molecular formula is C10H12N4O. The highest BCUT2D eigenvalue weighted by atomic mass is 16.5. The fraction of sp³-hybridized carbons (Fsp3) is 0.200. The third-order valence-electron chi connectivity index (χ3n) is 1.91. The molecule has 0 unspecified atom stereocenters. The Hall–Kier alpha value is -2.04. The van der Waals surface area contributed by atoms with Crippen LogP contribution in [0.25, 0.3) is 0 Å². The molecule has 2 aromatic rings. The number of hydrogen-bond acceptors (Lipinski definition) is 4. The van der Waals surface area contributed by atoms with Crippen molar-refractivity contribution in [2.45, 2.75) is 6.54 Å².